The van der Waals surface area contributed by atoms with Crippen LogP contribution in [0.1, 0.15) is 5.56 Å². The van der Waals surface area contributed by atoms with Crippen molar-refractivity contribution in [2.75, 3.05) is 10.6 Å². The van der Waals surface area contributed by atoms with Crippen molar-refractivity contribution in [2.45, 2.75) is 0 Å². The number of benzene rings is 2. The van der Waals surface area contributed by atoms with Crippen LogP contribution in [0.2, 0.25) is 0 Å². The smallest absolute Gasteiger partial charge is 0.408 e. The van der Waals surface area contributed by atoms with Crippen LogP contribution in [0.4, 0.5) is 27.5 Å². The Balaban J connectivity index is 1.59. The number of halogens is 1. The predicted molar refractivity (Wildman–Crippen MR) is 96.5 cm³/mol. The Morgan fingerprint density at radius 2 is 1.89 bits per heavy atom. The molecule has 4 rings (SSSR count). The molecule has 0 bridgehead atoms. The van der Waals surface area contributed by atoms with E-state index in [-0.39, 0.29) is 11.8 Å². The summed E-state index contributed by atoms with van der Waals surface area (Å²) >= 11 is 0. The normalized spacial score (nSPS) is 10.5. The minimum absolute atomic E-state index is 0.0358. The van der Waals surface area contributed by atoms with Gasteiger partial charge in [0.1, 0.15) is 0 Å². The number of hydrogen-bond donors (Lipinski definition) is 3. The van der Waals surface area contributed by atoms with Crippen molar-refractivity contribution >= 4 is 34.2 Å². The Labute approximate surface area is 151 Å². The molecule has 0 unspecified atom stereocenters. The van der Waals surface area contributed by atoms with E-state index in [2.05, 4.69) is 25.6 Å². The van der Waals surface area contributed by atoms with Crippen molar-refractivity contribution in [2.24, 2.45) is 0 Å². The van der Waals surface area contributed by atoms with E-state index in [1.807, 2.05) is 6.07 Å². The van der Waals surface area contributed by atoms with Gasteiger partial charge in [-0.25, -0.2) is 14.2 Å². The second kappa shape index (κ2) is 6.61. The number of aromatic amines is 1. The van der Waals surface area contributed by atoms with E-state index in [0.29, 0.717) is 28.0 Å². The molecule has 0 saturated carbocycles. The summed E-state index contributed by atoms with van der Waals surface area (Å²) in [6.45, 7) is 0. The first-order chi connectivity index (χ1) is 13.1. The van der Waals surface area contributed by atoms with E-state index in [0.717, 1.165) is 6.20 Å². The molecule has 4 aromatic rings. The topological polar surface area (TPSA) is 120 Å². The lowest BCUT2D eigenvalue weighted by atomic mass is 10.2. The third-order valence-electron chi connectivity index (χ3n) is 3.70. The summed E-state index contributed by atoms with van der Waals surface area (Å²) in [6, 6.07) is 13.5. The van der Waals surface area contributed by atoms with Gasteiger partial charge in [-0.3, -0.25) is 4.98 Å². The molecular formula is C18H11FN6O2. The third-order valence-corrected chi connectivity index (χ3v) is 3.70. The first-order valence-corrected chi connectivity index (χ1v) is 7.80. The number of fused-ring (bicyclic) bond motifs is 1. The first-order valence-electron chi connectivity index (χ1n) is 7.80. The standard InChI is InChI=1S/C18H11FN6O2/c19-13-9-21-17(23-11-3-1-10(8-20)2-4-11)25-16(13)22-12-5-6-15-14(7-12)24-18(26)27-15/h1-7,9H,(H,24,26)(H2,21,22,23,25). The molecule has 132 valence electrons. The van der Waals surface area contributed by atoms with Crippen molar-refractivity contribution in [1.29, 1.82) is 5.26 Å². The molecule has 2 aromatic heterocycles. The average molecular weight is 362 g/mol. The second-order valence-corrected chi connectivity index (χ2v) is 5.55. The molecule has 0 aliphatic rings. The fraction of sp³-hybridized carbons (Fsp3) is 0. The molecule has 0 spiro atoms. The number of nitriles is 1. The number of nitrogens with one attached hydrogen (secondary N) is 3. The number of H-pyrrole nitrogens is 1. The highest BCUT2D eigenvalue weighted by Gasteiger charge is 2.09. The summed E-state index contributed by atoms with van der Waals surface area (Å²) < 4.78 is 19.0. The monoisotopic (exact) mass is 362 g/mol. The minimum atomic E-state index is -0.638. The molecule has 0 aliphatic carbocycles. The third kappa shape index (κ3) is 3.45. The Morgan fingerprint density at radius 3 is 2.67 bits per heavy atom. The molecule has 8 nitrogen and oxygen atoms in total. The predicted octanol–water partition coefficient (Wildman–Crippen LogP) is 3.41. The van der Waals surface area contributed by atoms with Crippen LogP contribution in [0.15, 0.2) is 57.9 Å². The molecule has 2 aromatic carbocycles. The SMILES string of the molecule is N#Cc1ccc(Nc2ncc(F)c(Nc3ccc4oc(=O)[nH]c4c3)n2)cc1. The number of anilines is 4. The Morgan fingerprint density at radius 1 is 1.11 bits per heavy atom. The van der Waals surface area contributed by atoms with Gasteiger partial charge in [-0.2, -0.15) is 10.2 Å². The molecule has 2 heterocycles. The summed E-state index contributed by atoms with van der Waals surface area (Å²) in [5, 5.41) is 14.6. The van der Waals surface area contributed by atoms with E-state index >= 15 is 0 Å². The van der Waals surface area contributed by atoms with Crippen LogP contribution < -0.4 is 16.4 Å². The Hall–Kier alpha value is -4.19. The van der Waals surface area contributed by atoms with Gasteiger partial charge in [0.05, 0.1) is 23.3 Å². The number of nitrogens with zero attached hydrogens (tertiary/aromatic N) is 3. The van der Waals surface area contributed by atoms with Crippen molar-refractivity contribution in [3.8, 4) is 6.07 Å². The van der Waals surface area contributed by atoms with E-state index in [9.17, 15) is 9.18 Å². The molecule has 0 fully saturated rings. The summed E-state index contributed by atoms with van der Waals surface area (Å²) in [5.74, 6) is -1.06. The molecule has 0 atom stereocenters. The summed E-state index contributed by atoms with van der Waals surface area (Å²) in [6.07, 6.45) is 1.04. The van der Waals surface area contributed by atoms with Gasteiger partial charge in [0.15, 0.2) is 17.2 Å². The second-order valence-electron chi connectivity index (χ2n) is 5.55. The molecular weight excluding hydrogens is 351 g/mol. The number of aromatic nitrogens is 3. The number of oxazole rings is 1. The maximum atomic E-state index is 14.1. The van der Waals surface area contributed by atoms with Crippen LogP contribution in [-0.2, 0) is 0 Å². The average Bonchev–Trinajstić information content (AvgIpc) is 3.04. The molecule has 0 saturated heterocycles. The minimum Gasteiger partial charge on any atom is -0.408 e. The highest BCUT2D eigenvalue weighted by molar-refractivity contribution is 5.78. The zero-order chi connectivity index (χ0) is 18.8. The lowest BCUT2D eigenvalue weighted by Gasteiger charge is -2.09. The van der Waals surface area contributed by atoms with Gasteiger partial charge in [0, 0.05) is 11.4 Å². The maximum Gasteiger partial charge on any atom is 0.417 e. The van der Waals surface area contributed by atoms with Gasteiger partial charge in [0.25, 0.3) is 0 Å². The summed E-state index contributed by atoms with van der Waals surface area (Å²) in [4.78, 5) is 21.8. The van der Waals surface area contributed by atoms with Gasteiger partial charge >= 0.3 is 5.76 Å². The fourth-order valence-electron chi connectivity index (χ4n) is 2.44. The molecule has 27 heavy (non-hydrogen) atoms. The summed E-state index contributed by atoms with van der Waals surface area (Å²) in [5.41, 5.74) is 2.58. The van der Waals surface area contributed by atoms with Crippen LogP contribution in [0.25, 0.3) is 11.1 Å². The molecule has 3 N–H and O–H groups in total. The Bertz CT molecular complexity index is 1220. The van der Waals surface area contributed by atoms with Gasteiger partial charge in [0.2, 0.25) is 5.95 Å². The van der Waals surface area contributed by atoms with Crippen molar-refractivity contribution in [1.82, 2.24) is 15.0 Å². The van der Waals surface area contributed by atoms with Crippen LogP contribution in [0.3, 0.4) is 0 Å². The number of rotatable bonds is 4. The van der Waals surface area contributed by atoms with Crippen molar-refractivity contribution in [3.05, 3.63) is 70.6 Å². The van der Waals surface area contributed by atoms with Crippen molar-refractivity contribution in [3.63, 3.8) is 0 Å². The van der Waals surface area contributed by atoms with E-state index in [4.69, 9.17) is 9.68 Å². The number of hydrogen-bond acceptors (Lipinski definition) is 7. The zero-order valence-electron chi connectivity index (χ0n) is 13.7. The van der Waals surface area contributed by atoms with Crippen molar-refractivity contribution < 1.29 is 8.81 Å². The highest BCUT2D eigenvalue weighted by atomic mass is 19.1. The van der Waals surface area contributed by atoms with E-state index < -0.39 is 11.6 Å². The molecule has 9 heteroatoms. The highest BCUT2D eigenvalue weighted by Crippen LogP contribution is 2.23. The zero-order valence-corrected chi connectivity index (χ0v) is 13.7. The fourth-order valence-corrected chi connectivity index (χ4v) is 2.44. The lowest BCUT2D eigenvalue weighted by molar-refractivity contribution is 0.555. The Kier molecular flexibility index (Phi) is 3.99. The van der Waals surface area contributed by atoms with Crippen LogP contribution >= 0.6 is 0 Å². The van der Waals surface area contributed by atoms with Gasteiger partial charge < -0.3 is 15.1 Å². The van der Waals surface area contributed by atoms with E-state index in [1.54, 1.807) is 42.5 Å². The first kappa shape index (κ1) is 16.3. The summed E-state index contributed by atoms with van der Waals surface area (Å²) in [7, 11) is 0. The van der Waals surface area contributed by atoms with Crippen LogP contribution in [0.5, 0.6) is 0 Å². The van der Waals surface area contributed by atoms with E-state index in [1.165, 1.54) is 0 Å². The molecule has 0 amide bonds. The van der Waals surface area contributed by atoms with Crippen LogP contribution in [-0.4, -0.2) is 15.0 Å². The van der Waals surface area contributed by atoms with Gasteiger partial charge in [-0.1, -0.05) is 0 Å². The quantitative estimate of drug-likeness (QED) is 0.509. The van der Waals surface area contributed by atoms with Gasteiger partial charge in [-0.15, -0.1) is 0 Å². The largest absolute Gasteiger partial charge is 0.417 e. The molecule has 0 aliphatic heterocycles. The van der Waals surface area contributed by atoms with Crippen LogP contribution in [0, 0.1) is 17.1 Å². The molecule has 0 radical (unpaired) electrons. The lowest BCUT2D eigenvalue weighted by Crippen LogP contribution is -2.03. The maximum absolute atomic E-state index is 14.1. The van der Waals surface area contributed by atoms with Gasteiger partial charge in [-0.05, 0) is 42.5 Å².